The normalized spacial score (nSPS) is 17.5. The van der Waals surface area contributed by atoms with E-state index in [4.69, 9.17) is 11.6 Å². The third-order valence-electron chi connectivity index (χ3n) is 4.13. The maximum Gasteiger partial charge on any atom is 0.242 e. The van der Waals surface area contributed by atoms with Gasteiger partial charge in [-0.05, 0) is 31.0 Å². The number of carbonyl (C=O) groups is 1. The summed E-state index contributed by atoms with van der Waals surface area (Å²) in [6.45, 7) is 1.87. The molecule has 1 amide bonds. The molecule has 1 atom stereocenters. The van der Waals surface area contributed by atoms with E-state index in [-0.39, 0.29) is 11.9 Å². The van der Waals surface area contributed by atoms with Crippen molar-refractivity contribution in [2.24, 2.45) is 0 Å². The van der Waals surface area contributed by atoms with Crippen molar-refractivity contribution in [1.82, 2.24) is 19.7 Å². The van der Waals surface area contributed by atoms with Gasteiger partial charge in [-0.2, -0.15) is 5.10 Å². The molecule has 23 heavy (non-hydrogen) atoms. The van der Waals surface area contributed by atoms with Crippen LogP contribution in [0.15, 0.2) is 36.8 Å². The van der Waals surface area contributed by atoms with E-state index in [1.54, 1.807) is 18.5 Å². The van der Waals surface area contributed by atoms with Gasteiger partial charge in [-0.1, -0.05) is 11.6 Å². The van der Waals surface area contributed by atoms with Crippen molar-refractivity contribution in [1.29, 1.82) is 0 Å². The Bertz CT molecular complexity index is 643. The van der Waals surface area contributed by atoms with Gasteiger partial charge in [-0.25, -0.2) is 4.98 Å². The van der Waals surface area contributed by atoms with Gasteiger partial charge in [-0.15, -0.1) is 0 Å². The Balaban J connectivity index is 1.61. The van der Waals surface area contributed by atoms with Crippen LogP contribution in [0.1, 0.15) is 12.8 Å². The minimum absolute atomic E-state index is 0.124. The molecule has 0 spiro atoms. The monoisotopic (exact) mass is 333 g/mol. The lowest BCUT2D eigenvalue weighted by atomic mass is 10.2. The summed E-state index contributed by atoms with van der Waals surface area (Å²) in [5.41, 5.74) is 0. The van der Waals surface area contributed by atoms with Gasteiger partial charge in [-0.3, -0.25) is 9.48 Å². The van der Waals surface area contributed by atoms with Gasteiger partial charge in [0.05, 0.1) is 24.2 Å². The summed E-state index contributed by atoms with van der Waals surface area (Å²) in [6.07, 6.45) is 7.36. The van der Waals surface area contributed by atoms with Crippen LogP contribution in [-0.2, 0) is 11.3 Å². The fourth-order valence-corrected chi connectivity index (χ4v) is 3.06. The Morgan fingerprint density at radius 1 is 1.48 bits per heavy atom. The first-order valence-corrected chi connectivity index (χ1v) is 8.11. The van der Waals surface area contributed by atoms with Gasteiger partial charge in [0.25, 0.3) is 0 Å². The molecule has 1 saturated heterocycles. The lowest BCUT2D eigenvalue weighted by Gasteiger charge is -2.27. The van der Waals surface area contributed by atoms with Gasteiger partial charge >= 0.3 is 0 Å². The van der Waals surface area contributed by atoms with E-state index in [1.165, 1.54) is 0 Å². The molecule has 0 aliphatic carbocycles. The topological polar surface area (TPSA) is 54.3 Å². The Kier molecular flexibility index (Phi) is 4.81. The number of halogens is 1. The number of amides is 1. The molecule has 3 heterocycles. The van der Waals surface area contributed by atoms with Gasteiger partial charge < -0.3 is 9.80 Å². The number of aromatic nitrogens is 3. The highest BCUT2D eigenvalue weighted by atomic mass is 35.5. The van der Waals surface area contributed by atoms with Crippen molar-refractivity contribution in [3.05, 3.63) is 41.8 Å². The predicted molar refractivity (Wildman–Crippen MR) is 89.5 cm³/mol. The first kappa shape index (κ1) is 15.8. The largest absolute Gasteiger partial charge is 0.350 e. The van der Waals surface area contributed by atoms with Crippen LogP contribution in [0.3, 0.4) is 0 Å². The number of likely N-dealkylation sites (tertiary alicyclic amines) is 1. The number of pyridine rings is 1. The van der Waals surface area contributed by atoms with Crippen LogP contribution in [0.4, 0.5) is 5.82 Å². The Morgan fingerprint density at radius 3 is 3.04 bits per heavy atom. The van der Waals surface area contributed by atoms with Crippen LogP contribution in [0.25, 0.3) is 0 Å². The molecule has 0 N–H and O–H groups in total. The van der Waals surface area contributed by atoms with Crippen LogP contribution >= 0.6 is 11.6 Å². The zero-order valence-electron chi connectivity index (χ0n) is 13.1. The fraction of sp³-hybridized carbons (Fsp3) is 0.438. The highest BCUT2D eigenvalue weighted by Gasteiger charge is 2.29. The van der Waals surface area contributed by atoms with Crippen molar-refractivity contribution in [2.45, 2.75) is 25.4 Å². The number of rotatable bonds is 5. The molecule has 7 heteroatoms. The molecule has 0 aromatic carbocycles. The van der Waals surface area contributed by atoms with Gasteiger partial charge in [0.15, 0.2) is 0 Å². The Morgan fingerprint density at radius 2 is 2.35 bits per heavy atom. The number of likely N-dealkylation sites (N-methyl/N-ethyl adjacent to an activating group) is 1. The van der Waals surface area contributed by atoms with Crippen molar-refractivity contribution in [3.63, 3.8) is 0 Å². The fourth-order valence-electron chi connectivity index (χ4n) is 2.95. The second kappa shape index (κ2) is 7.00. The Hall–Kier alpha value is -2.08. The average molecular weight is 334 g/mol. The van der Waals surface area contributed by atoms with E-state index in [0.29, 0.717) is 11.6 Å². The third kappa shape index (κ3) is 3.82. The van der Waals surface area contributed by atoms with E-state index >= 15 is 0 Å². The Labute approximate surface area is 140 Å². The van der Waals surface area contributed by atoms with E-state index < -0.39 is 0 Å². The summed E-state index contributed by atoms with van der Waals surface area (Å²) >= 11 is 5.85. The molecule has 1 aliphatic heterocycles. The van der Waals surface area contributed by atoms with Crippen molar-refractivity contribution in [2.75, 3.05) is 25.0 Å². The SMILES string of the molecule is CN(CC(=O)N1CCC[C@H]1Cn1cccn1)c1ccc(Cl)cn1. The smallest absolute Gasteiger partial charge is 0.242 e. The average Bonchev–Trinajstić information content (AvgIpc) is 3.20. The summed E-state index contributed by atoms with van der Waals surface area (Å²) in [6, 6.07) is 5.72. The third-order valence-corrected chi connectivity index (χ3v) is 4.35. The summed E-state index contributed by atoms with van der Waals surface area (Å²) in [5, 5.41) is 4.83. The van der Waals surface area contributed by atoms with Crippen molar-refractivity contribution >= 4 is 23.3 Å². The number of anilines is 1. The predicted octanol–water partition coefficient (Wildman–Crippen LogP) is 2.06. The maximum atomic E-state index is 12.6. The molecule has 1 fully saturated rings. The molecule has 6 nitrogen and oxygen atoms in total. The first-order valence-electron chi connectivity index (χ1n) is 7.73. The molecule has 2 aromatic heterocycles. The van der Waals surface area contributed by atoms with Crippen molar-refractivity contribution < 1.29 is 4.79 Å². The molecule has 0 unspecified atom stereocenters. The molecule has 0 bridgehead atoms. The molecule has 0 radical (unpaired) electrons. The summed E-state index contributed by atoms with van der Waals surface area (Å²) in [5.74, 6) is 0.865. The minimum Gasteiger partial charge on any atom is -0.350 e. The summed E-state index contributed by atoms with van der Waals surface area (Å²) < 4.78 is 1.89. The second-order valence-corrected chi connectivity index (χ2v) is 6.24. The number of hydrogen-bond donors (Lipinski definition) is 0. The van der Waals surface area contributed by atoms with Gasteiger partial charge in [0, 0.05) is 32.2 Å². The zero-order valence-corrected chi connectivity index (χ0v) is 13.9. The van der Waals surface area contributed by atoms with Gasteiger partial charge in [0.1, 0.15) is 5.82 Å². The molecule has 1 aliphatic rings. The minimum atomic E-state index is 0.124. The van der Waals surface area contributed by atoms with Crippen LogP contribution in [-0.4, -0.2) is 51.8 Å². The van der Waals surface area contributed by atoms with E-state index in [1.807, 2.05) is 39.9 Å². The highest BCUT2D eigenvalue weighted by molar-refractivity contribution is 6.30. The molecular weight excluding hydrogens is 314 g/mol. The molecular formula is C16H20ClN5O. The number of hydrogen-bond acceptors (Lipinski definition) is 4. The van der Waals surface area contributed by atoms with Crippen molar-refractivity contribution in [3.8, 4) is 0 Å². The second-order valence-electron chi connectivity index (χ2n) is 5.80. The first-order chi connectivity index (χ1) is 11.1. The summed E-state index contributed by atoms with van der Waals surface area (Å²) in [4.78, 5) is 20.7. The molecule has 3 rings (SSSR count). The standard InChI is InChI=1S/C16H20ClN5O/c1-20(15-6-5-13(17)10-18-15)12-16(23)22-9-2-4-14(22)11-21-8-3-7-19-21/h3,5-8,10,14H,2,4,9,11-12H2,1H3/t14-/m0/s1. The zero-order chi connectivity index (χ0) is 16.2. The van der Waals surface area contributed by atoms with Crippen LogP contribution in [0.2, 0.25) is 5.02 Å². The molecule has 2 aromatic rings. The van der Waals surface area contributed by atoms with Gasteiger partial charge in [0.2, 0.25) is 5.91 Å². The number of carbonyl (C=O) groups excluding carboxylic acids is 1. The summed E-state index contributed by atoms with van der Waals surface area (Å²) in [7, 11) is 1.87. The molecule has 0 saturated carbocycles. The number of nitrogens with zero attached hydrogens (tertiary/aromatic N) is 5. The lowest BCUT2D eigenvalue weighted by Crippen LogP contribution is -2.43. The van der Waals surface area contributed by atoms with Crippen LogP contribution < -0.4 is 4.90 Å². The van der Waals surface area contributed by atoms with Crippen LogP contribution in [0, 0.1) is 0 Å². The quantitative estimate of drug-likeness (QED) is 0.840. The molecule has 122 valence electrons. The van der Waals surface area contributed by atoms with Crippen LogP contribution in [0.5, 0.6) is 0 Å². The highest BCUT2D eigenvalue weighted by Crippen LogP contribution is 2.20. The maximum absolute atomic E-state index is 12.6. The van der Waals surface area contributed by atoms with E-state index in [0.717, 1.165) is 31.7 Å². The lowest BCUT2D eigenvalue weighted by molar-refractivity contribution is -0.130. The van der Waals surface area contributed by atoms with E-state index in [2.05, 4.69) is 10.1 Å². The van der Waals surface area contributed by atoms with E-state index in [9.17, 15) is 4.79 Å².